The zero-order chi connectivity index (χ0) is 13.8. The molecule has 1 atom stereocenters. The van der Waals surface area contributed by atoms with Crippen molar-refractivity contribution in [2.24, 2.45) is 0 Å². The van der Waals surface area contributed by atoms with Crippen molar-refractivity contribution in [1.29, 1.82) is 0 Å². The minimum atomic E-state index is 0.583. The summed E-state index contributed by atoms with van der Waals surface area (Å²) in [5.74, 6) is 0.583. The summed E-state index contributed by atoms with van der Waals surface area (Å²) >= 11 is 0. The predicted octanol–water partition coefficient (Wildman–Crippen LogP) is 5.90. The van der Waals surface area contributed by atoms with Crippen molar-refractivity contribution >= 4 is 11.6 Å². The highest BCUT2D eigenvalue weighted by Gasteiger charge is 2.25. The SMILES string of the molecule is CCCCCC1C(c2ccccc2)=Cc2ccccc21. The molecule has 0 saturated heterocycles. The topological polar surface area (TPSA) is 0 Å². The summed E-state index contributed by atoms with van der Waals surface area (Å²) in [6.07, 6.45) is 7.60. The fourth-order valence-corrected chi connectivity index (χ4v) is 3.22. The normalized spacial score (nSPS) is 16.9. The largest absolute Gasteiger partial charge is 0.0654 e. The van der Waals surface area contributed by atoms with Gasteiger partial charge in [0.25, 0.3) is 0 Å². The lowest BCUT2D eigenvalue weighted by Gasteiger charge is -2.17. The monoisotopic (exact) mass is 262 g/mol. The van der Waals surface area contributed by atoms with Crippen molar-refractivity contribution in [2.75, 3.05) is 0 Å². The van der Waals surface area contributed by atoms with Gasteiger partial charge in [-0.15, -0.1) is 0 Å². The maximum Gasteiger partial charge on any atom is 0.0101 e. The Kier molecular flexibility index (Phi) is 4.01. The fraction of sp³-hybridized carbons (Fsp3) is 0.300. The number of hydrogen-bond donors (Lipinski definition) is 0. The smallest absolute Gasteiger partial charge is 0.0101 e. The summed E-state index contributed by atoms with van der Waals surface area (Å²) in [6.45, 7) is 2.27. The van der Waals surface area contributed by atoms with Gasteiger partial charge >= 0.3 is 0 Å². The molecule has 3 rings (SSSR count). The van der Waals surface area contributed by atoms with E-state index < -0.39 is 0 Å². The third-order valence-electron chi connectivity index (χ3n) is 4.26. The second-order valence-electron chi connectivity index (χ2n) is 5.64. The Hall–Kier alpha value is -1.82. The van der Waals surface area contributed by atoms with Crippen LogP contribution in [-0.4, -0.2) is 0 Å². The second-order valence-corrected chi connectivity index (χ2v) is 5.64. The minimum absolute atomic E-state index is 0.583. The Morgan fingerprint density at radius 2 is 1.60 bits per heavy atom. The van der Waals surface area contributed by atoms with Crippen LogP contribution in [0, 0.1) is 0 Å². The maximum atomic E-state index is 2.39. The number of unbranched alkanes of at least 4 members (excludes halogenated alkanes) is 2. The van der Waals surface area contributed by atoms with Crippen LogP contribution in [0.4, 0.5) is 0 Å². The molecule has 102 valence electrons. The molecule has 2 aromatic carbocycles. The first kappa shape index (κ1) is 13.2. The summed E-state index contributed by atoms with van der Waals surface area (Å²) in [5, 5.41) is 0. The number of benzene rings is 2. The van der Waals surface area contributed by atoms with Crippen LogP contribution >= 0.6 is 0 Å². The van der Waals surface area contributed by atoms with Gasteiger partial charge in [0.2, 0.25) is 0 Å². The summed E-state index contributed by atoms with van der Waals surface area (Å²) < 4.78 is 0. The maximum absolute atomic E-state index is 2.39. The molecule has 0 heterocycles. The van der Waals surface area contributed by atoms with E-state index in [2.05, 4.69) is 67.6 Å². The fourth-order valence-electron chi connectivity index (χ4n) is 3.22. The van der Waals surface area contributed by atoms with Gasteiger partial charge in [-0.25, -0.2) is 0 Å². The van der Waals surface area contributed by atoms with E-state index in [4.69, 9.17) is 0 Å². The molecule has 0 nitrogen and oxygen atoms in total. The van der Waals surface area contributed by atoms with E-state index in [0.717, 1.165) is 0 Å². The van der Waals surface area contributed by atoms with E-state index in [9.17, 15) is 0 Å². The Bertz CT molecular complexity index is 592. The van der Waals surface area contributed by atoms with Crippen LogP contribution in [0.5, 0.6) is 0 Å². The van der Waals surface area contributed by atoms with Gasteiger partial charge in [0.05, 0.1) is 0 Å². The molecule has 0 heteroatoms. The molecule has 1 aliphatic rings. The van der Waals surface area contributed by atoms with Crippen LogP contribution in [0.3, 0.4) is 0 Å². The van der Waals surface area contributed by atoms with Crippen LogP contribution < -0.4 is 0 Å². The van der Waals surface area contributed by atoms with E-state index in [1.165, 1.54) is 47.9 Å². The van der Waals surface area contributed by atoms with E-state index in [1.807, 2.05) is 0 Å². The second kappa shape index (κ2) is 6.09. The lowest BCUT2D eigenvalue weighted by molar-refractivity contribution is 0.639. The molecule has 0 bridgehead atoms. The predicted molar refractivity (Wildman–Crippen MR) is 87.6 cm³/mol. The van der Waals surface area contributed by atoms with Crippen molar-refractivity contribution < 1.29 is 0 Å². The van der Waals surface area contributed by atoms with Crippen molar-refractivity contribution in [1.82, 2.24) is 0 Å². The Labute approximate surface area is 122 Å². The molecule has 0 radical (unpaired) electrons. The highest BCUT2D eigenvalue weighted by atomic mass is 14.3. The average Bonchev–Trinajstić information content (AvgIpc) is 2.87. The molecule has 20 heavy (non-hydrogen) atoms. The Morgan fingerprint density at radius 3 is 2.40 bits per heavy atom. The lowest BCUT2D eigenvalue weighted by Crippen LogP contribution is -1.99. The van der Waals surface area contributed by atoms with Gasteiger partial charge in [0, 0.05) is 5.92 Å². The summed E-state index contributed by atoms with van der Waals surface area (Å²) in [4.78, 5) is 0. The van der Waals surface area contributed by atoms with E-state index in [1.54, 1.807) is 0 Å². The number of fused-ring (bicyclic) bond motifs is 1. The van der Waals surface area contributed by atoms with Crippen LogP contribution in [-0.2, 0) is 0 Å². The van der Waals surface area contributed by atoms with E-state index in [0.29, 0.717) is 5.92 Å². The van der Waals surface area contributed by atoms with Crippen LogP contribution in [0.25, 0.3) is 11.6 Å². The zero-order valence-electron chi connectivity index (χ0n) is 12.2. The first-order valence-corrected chi connectivity index (χ1v) is 7.76. The van der Waals surface area contributed by atoms with Crippen LogP contribution in [0.1, 0.15) is 55.2 Å². The molecule has 2 aromatic rings. The first-order chi connectivity index (χ1) is 9.90. The molecule has 0 aromatic heterocycles. The third kappa shape index (κ3) is 2.56. The van der Waals surface area contributed by atoms with Crippen molar-refractivity contribution in [3.05, 3.63) is 71.3 Å². The quantitative estimate of drug-likeness (QED) is 0.588. The molecule has 1 aliphatic carbocycles. The Morgan fingerprint density at radius 1 is 0.850 bits per heavy atom. The summed E-state index contributed by atoms with van der Waals surface area (Å²) in [5.41, 5.74) is 5.81. The number of allylic oxidation sites excluding steroid dienone is 1. The van der Waals surface area contributed by atoms with Gasteiger partial charge in [-0.05, 0) is 28.7 Å². The van der Waals surface area contributed by atoms with Crippen molar-refractivity contribution in [3.8, 4) is 0 Å². The van der Waals surface area contributed by atoms with Gasteiger partial charge in [0.1, 0.15) is 0 Å². The highest BCUT2D eigenvalue weighted by Crippen LogP contribution is 2.44. The van der Waals surface area contributed by atoms with E-state index in [-0.39, 0.29) is 0 Å². The van der Waals surface area contributed by atoms with Gasteiger partial charge in [-0.2, -0.15) is 0 Å². The average molecular weight is 262 g/mol. The van der Waals surface area contributed by atoms with Crippen LogP contribution in [0.2, 0.25) is 0 Å². The number of hydrogen-bond acceptors (Lipinski definition) is 0. The first-order valence-electron chi connectivity index (χ1n) is 7.76. The standard InChI is InChI=1S/C20H22/c1-2-3-5-14-19-18-13-9-8-12-17(18)15-20(19)16-10-6-4-7-11-16/h4,6-13,15,19H,2-3,5,14H2,1H3. The van der Waals surface area contributed by atoms with Gasteiger partial charge in [-0.3, -0.25) is 0 Å². The van der Waals surface area contributed by atoms with Crippen LogP contribution in [0.15, 0.2) is 54.6 Å². The molecule has 0 saturated carbocycles. The van der Waals surface area contributed by atoms with E-state index >= 15 is 0 Å². The molecular formula is C20H22. The van der Waals surface area contributed by atoms with Gasteiger partial charge in [-0.1, -0.05) is 86.9 Å². The molecule has 0 aliphatic heterocycles. The summed E-state index contributed by atoms with van der Waals surface area (Å²) in [6, 6.07) is 19.7. The molecule has 0 spiro atoms. The molecule has 1 unspecified atom stereocenters. The number of rotatable bonds is 5. The van der Waals surface area contributed by atoms with Crippen molar-refractivity contribution in [2.45, 2.75) is 38.5 Å². The third-order valence-corrected chi connectivity index (χ3v) is 4.26. The molecule has 0 N–H and O–H groups in total. The van der Waals surface area contributed by atoms with Crippen molar-refractivity contribution in [3.63, 3.8) is 0 Å². The van der Waals surface area contributed by atoms with Gasteiger partial charge in [0.15, 0.2) is 0 Å². The van der Waals surface area contributed by atoms with Gasteiger partial charge < -0.3 is 0 Å². The highest BCUT2D eigenvalue weighted by molar-refractivity contribution is 5.91. The minimum Gasteiger partial charge on any atom is -0.0654 e. The molecular weight excluding hydrogens is 240 g/mol. The summed E-state index contributed by atoms with van der Waals surface area (Å²) in [7, 11) is 0. The Balaban J connectivity index is 1.92. The molecule has 0 amide bonds. The zero-order valence-corrected chi connectivity index (χ0v) is 12.2. The molecule has 0 fully saturated rings. The lowest BCUT2D eigenvalue weighted by atomic mass is 9.87.